The molecule has 1 aliphatic heterocycles. The van der Waals surface area contributed by atoms with E-state index in [0.29, 0.717) is 25.9 Å². The average molecular weight is 298 g/mol. The fraction of sp³-hybridized carbons (Fsp3) is 0.353. The summed E-state index contributed by atoms with van der Waals surface area (Å²) in [6, 6.07) is 11.2. The van der Waals surface area contributed by atoms with Gasteiger partial charge in [0.05, 0.1) is 13.0 Å². The number of nitriles is 1. The van der Waals surface area contributed by atoms with Gasteiger partial charge in [-0.25, -0.2) is 0 Å². The number of piperidine rings is 1. The van der Waals surface area contributed by atoms with Crippen LogP contribution in [0, 0.1) is 17.2 Å². The maximum Gasteiger partial charge on any atom is 0.308 e. The molecule has 0 bridgehead atoms. The first-order valence-electron chi connectivity index (χ1n) is 7.19. The van der Waals surface area contributed by atoms with Gasteiger partial charge >= 0.3 is 5.97 Å². The summed E-state index contributed by atoms with van der Waals surface area (Å²) in [6.07, 6.45) is 2.74. The minimum atomic E-state index is -0.283. The molecule has 0 N–H and O–H groups in total. The molecule has 0 atom stereocenters. The van der Waals surface area contributed by atoms with Crippen LogP contribution in [-0.2, 0) is 14.3 Å². The zero-order valence-electron chi connectivity index (χ0n) is 12.5. The first-order valence-corrected chi connectivity index (χ1v) is 7.19. The van der Waals surface area contributed by atoms with E-state index in [1.807, 2.05) is 36.4 Å². The van der Waals surface area contributed by atoms with E-state index in [-0.39, 0.29) is 23.4 Å². The van der Waals surface area contributed by atoms with Crippen molar-refractivity contribution in [1.29, 1.82) is 5.26 Å². The predicted octanol–water partition coefficient (Wildman–Crippen LogP) is 2.01. The molecule has 5 nitrogen and oxygen atoms in total. The lowest BCUT2D eigenvalue weighted by Gasteiger charge is -2.30. The van der Waals surface area contributed by atoms with Crippen LogP contribution >= 0.6 is 0 Å². The third-order valence-electron chi connectivity index (χ3n) is 3.78. The zero-order valence-corrected chi connectivity index (χ0v) is 12.5. The highest BCUT2D eigenvalue weighted by Crippen LogP contribution is 2.20. The van der Waals surface area contributed by atoms with E-state index in [9.17, 15) is 14.9 Å². The van der Waals surface area contributed by atoms with Gasteiger partial charge in [-0.2, -0.15) is 5.26 Å². The van der Waals surface area contributed by atoms with Crippen LogP contribution in [-0.4, -0.2) is 37.0 Å². The van der Waals surface area contributed by atoms with Gasteiger partial charge in [-0.1, -0.05) is 30.3 Å². The number of carbonyl (C=O) groups is 2. The Morgan fingerprint density at radius 1 is 1.27 bits per heavy atom. The van der Waals surface area contributed by atoms with Crippen LogP contribution in [0.15, 0.2) is 35.9 Å². The van der Waals surface area contributed by atoms with Crippen molar-refractivity contribution in [3.8, 4) is 6.07 Å². The van der Waals surface area contributed by atoms with E-state index in [1.54, 1.807) is 11.0 Å². The van der Waals surface area contributed by atoms with E-state index in [4.69, 9.17) is 4.74 Å². The lowest BCUT2D eigenvalue weighted by Crippen LogP contribution is -2.41. The minimum absolute atomic E-state index is 0.114. The fourth-order valence-electron chi connectivity index (χ4n) is 2.51. The Labute approximate surface area is 129 Å². The van der Waals surface area contributed by atoms with Gasteiger partial charge < -0.3 is 9.64 Å². The quantitative estimate of drug-likeness (QED) is 0.486. The van der Waals surface area contributed by atoms with Gasteiger partial charge in [0, 0.05) is 13.1 Å². The summed E-state index contributed by atoms with van der Waals surface area (Å²) < 4.78 is 4.73. The molecule has 1 saturated heterocycles. The van der Waals surface area contributed by atoms with E-state index >= 15 is 0 Å². The molecule has 0 aliphatic carbocycles. The highest BCUT2D eigenvalue weighted by Gasteiger charge is 2.29. The molecule has 5 heteroatoms. The third kappa shape index (κ3) is 3.73. The van der Waals surface area contributed by atoms with Gasteiger partial charge in [0.2, 0.25) is 0 Å². The third-order valence-corrected chi connectivity index (χ3v) is 3.78. The van der Waals surface area contributed by atoms with Crippen LogP contribution in [0.25, 0.3) is 6.08 Å². The fourth-order valence-corrected chi connectivity index (χ4v) is 2.51. The van der Waals surface area contributed by atoms with Crippen LogP contribution in [0.5, 0.6) is 0 Å². The molecule has 0 spiro atoms. The van der Waals surface area contributed by atoms with Crippen LogP contribution in [0.2, 0.25) is 0 Å². The normalized spacial score (nSPS) is 16.0. The molecule has 1 aliphatic rings. The maximum atomic E-state index is 12.4. The second-order valence-corrected chi connectivity index (χ2v) is 5.17. The summed E-state index contributed by atoms with van der Waals surface area (Å²) in [7, 11) is 1.37. The lowest BCUT2D eigenvalue weighted by atomic mass is 9.96. The number of hydrogen-bond acceptors (Lipinski definition) is 4. The molecule has 114 valence electrons. The van der Waals surface area contributed by atoms with E-state index in [0.717, 1.165) is 5.56 Å². The van der Waals surface area contributed by atoms with E-state index in [1.165, 1.54) is 7.11 Å². The zero-order chi connectivity index (χ0) is 15.9. The number of rotatable bonds is 3. The first-order chi connectivity index (χ1) is 10.7. The van der Waals surface area contributed by atoms with E-state index < -0.39 is 0 Å². The number of carbonyl (C=O) groups excluding carboxylic acids is 2. The summed E-state index contributed by atoms with van der Waals surface area (Å²) in [5.41, 5.74) is 0.930. The SMILES string of the molecule is COC(=O)C1CCN(C(=O)/C(C#N)=C/c2ccccc2)CC1. The highest BCUT2D eigenvalue weighted by atomic mass is 16.5. The molecule has 0 radical (unpaired) electrons. The van der Waals surface area contributed by atoms with Gasteiger partial charge in [0.25, 0.3) is 5.91 Å². The number of nitrogens with zero attached hydrogens (tertiary/aromatic N) is 2. The van der Waals surface area contributed by atoms with Crippen molar-refractivity contribution in [2.75, 3.05) is 20.2 Å². The number of hydrogen-bond donors (Lipinski definition) is 0. The van der Waals surface area contributed by atoms with Crippen LogP contribution < -0.4 is 0 Å². The summed E-state index contributed by atoms with van der Waals surface area (Å²) in [5, 5.41) is 9.23. The molecule has 1 fully saturated rings. The molecule has 0 saturated carbocycles. The molecule has 1 heterocycles. The smallest absolute Gasteiger partial charge is 0.308 e. The van der Waals surface area contributed by atoms with Crippen molar-refractivity contribution in [2.45, 2.75) is 12.8 Å². The Kier molecular flexibility index (Phi) is 5.31. The summed E-state index contributed by atoms with van der Waals surface area (Å²) in [5.74, 6) is -0.667. The molecule has 22 heavy (non-hydrogen) atoms. The van der Waals surface area contributed by atoms with Gasteiger partial charge in [-0.15, -0.1) is 0 Å². The molecule has 0 unspecified atom stereocenters. The van der Waals surface area contributed by atoms with Crippen molar-refractivity contribution in [1.82, 2.24) is 4.90 Å². The van der Waals surface area contributed by atoms with Crippen molar-refractivity contribution >= 4 is 18.0 Å². The van der Waals surface area contributed by atoms with Gasteiger partial charge in [0.1, 0.15) is 11.6 Å². The average Bonchev–Trinajstić information content (AvgIpc) is 2.59. The summed E-state index contributed by atoms with van der Waals surface area (Å²) in [4.78, 5) is 25.5. The second-order valence-electron chi connectivity index (χ2n) is 5.17. The largest absolute Gasteiger partial charge is 0.469 e. The first kappa shape index (κ1) is 15.8. The molecular weight excluding hydrogens is 280 g/mol. The molecule has 2 rings (SSSR count). The Morgan fingerprint density at radius 2 is 1.91 bits per heavy atom. The number of esters is 1. The maximum absolute atomic E-state index is 12.4. The van der Waals surface area contributed by atoms with Gasteiger partial charge in [0.15, 0.2) is 0 Å². The van der Waals surface area contributed by atoms with Crippen LogP contribution in [0.3, 0.4) is 0 Å². The van der Waals surface area contributed by atoms with E-state index in [2.05, 4.69) is 0 Å². The molecular formula is C17H18N2O3. The summed E-state index contributed by atoms with van der Waals surface area (Å²) >= 11 is 0. The lowest BCUT2D eigenvalue weighted by molar-refractivity contribution is -0.148. The van der Waals surface area contributed by atoms with Crippen LogP contribution in [0.1, 0.15) is 18.4 Å². The number of benzene rings is 1. The van der Waals surface area contributed by atoms with Crippen molar-refractivity contribution < 1.29 is 14.3 Å². The monoisotopic (exact) mass is 298 g/mol. The molecule has 1 aromatic rings. The molecule has 1 aromatic carbocycles. The molecule has 1 amide bonds. The number of methoxy groups -OCH3 is 1. The topological polar surface area (TPSA) is 70.4 Å². The van der Waals surface area contributed by atoms with Crippen molar-refractivity contribution in [2.24, 2.45) is 5.92 Å². The Hall–Kier alpha value is -2.61. The van der Waals surface area contributed by atoms with Crippen LogP contribution in [0.4, 0.5) is 0 Å². The number of ether oxygens (including phenoxy) is 1. The van der Waals surface area contributed by atoms with Crippen molar-refractivity contribution in [3.05, 3.63) is 41.5 Å². The van der Waals surface area contributed by atoms with Crippen molar-refractivity contribution in [3.63, 3.8) is 0 Å². The summed E-state index contributed by atoms with van der Waals surface area (Å²) in [6.45, 7) is 0.929. The standard InChI is InChI=1S/C17H18N2O3/c1-22-17(21)14-7-9-19(10-8-14)16(20)15(12-18)11-13-5-3-2-4-6-13/h2-6,11,14H,7-10H2,1H3/b15-11+. The Morgan fingerprint density at radius 3 is 2.45 bits per heavy atom. The minimum Gasteiger partial charge on any atom is -0.469 e. The highest BCUT2D eigenvalue weighted by molar-refractivity contribution is 6.01. The Balaban J connectivity index is 2.04. The number of likely N-dealkylation sites (tertiary alicyclic amines) is 1. The predicted molar refractivity (Wildman–Crippen MR) is 81.4 cm³/mol. The van der Waals surface area contributed by atoms with Gasteiger partial charge in [-0.05, 0) is 24.5 Å². The molecule has 0 aromatic heterocycles. The van der Waals surface area contributed by atoms with Gasteiger partial charge in [-0.3, -0.25) is 9.59 Å². The Bertz CT molecular complexity index is 609. The number of amides is 1. The second kappa shape index (κ2) is 7.41.